The van der Waals surface area contributed by atoms with Crippen LogP contribution in [0.2, 0.25) is 0 Å². The first kappa shape index (κ1) is 12.2. The number of nitrogens with one attached hydrogen (secondary N) is 1. The number of anilines is 1. The van der Waals surface area contributed by atoms with Gasteiger partial charge in [0.25, 0.3) is 0 Å². The van der Waals surface area contributed by atoms with E-state index in [0.717, 1.165) is 0 Å². The van der Waals surface area contributed by atoms with Gasteiger partial charge in [0.2, 0.25) is 0 Å². The van der Waals surface area contributed by atoms with Crippen LogP contribution in [-0.2, 0) is 0 Å². The molecule has 1 atom stereocenters. The van der Waals surface area contributed by atoms with Crippen LogP contribution in [0.1, 0.15) is 19.5 Å². The number of halogens is 2. The predicted octanol–water partition coefficient (Wildman–Crippen LogP) is 2.60. The van der Waals surface area contributed by atoms with E-state index in [9.17, 15) is 4.39 Å². The number of nitrogens with zero attached hydrogens (tertiary/aromatic N) is 2. The Morgan fingerprint density at radius 3 is 2.73 bits per heavy atom. The van der Waals surface area contributed by atoms with Crippen molar-refractivity contribution in [2.45, 2.75) is 26.1 Å². The second-order valence-corrected chi connectivity index (χ2v) is 4.32. The highest BCUT2D eigenvalue weighted by Crippen LogP contribution is 2.14. The van der Waals surface area contributed by atoms with Crippen LogP contribution < -0.4 is 5.32 Å². The summed E-state index contributed by atoms with van der Waals surface area (Å²) in [6, 6.07) is 0. The third-order valence-corrected chi connectivity index (χ3v) is 2.81. The van der Waals surface area contributed by atoms with Gasteiger partial charge >= 0.3 is 0 Å². The summed E-state index contributed by atoms with van der Waals surface area (Å²) in [6.07, 6.45) is 1.33. The number of hydrogen-bond donors (Lipinski definition) is 1. The summed E-state index contributed by atoms with van der Waals surface area (Å²) in [5.74, 6) is 0.143. The van der Waals surface area contributed by atoms with Crippen LogP contribution in [-0.4, -0.2) is 21.9 Å². The monoisotopic (exact) mass is 231 g/mol. The van der Waals surface area contributed by atoms with Gasteiger partial charge in [0.15, 0.2) is 11.6 Å². The van der Waals surface area contributed by atoms with Gasteiger partial charge < -0.3 is 5.32 Å². The van der Waals surface area contributed by atoms with Crippen molar-refractivity contribution in [2.24, 2.45) is 5.92 Å². The number of aryl methyl sites for hydroxylation is 1. The molecule has 0 aliphatic heterocycles. The molecule has 0 saturated carbocycles. The Hall–Kier alpha value is -0.900. The highest BCUT2D eigenvalue weighted by molar-refractivity contribution is 6.21. The molecule has 1 aromatic rings. The molecule has 1 unspecified atom stereocenters. The van der Waals surface area contributed by atoms with Crippen LogP contribution in [0.4, 0.5) is 10.2 Å². The topological polar surface area (TPSA) is 37.8 Å². The first-order chi connectivity index (χ1) is 7.02. The van der Waals surface area contributed by atoms with E-state index in [1.54, 1.807) is 6.92 Å². The molecule has 0 aliphatic carbocycles. The van der Waals surface area contributed by atoms with Crippen molar-refractivity contribution in [3.8, 4) is 0 Å². The Labute approximate surface area is 94.1 Å². The molecule has 15 heavy (non-hydrogen) atoms. The molecule has 0 spiro atoms. The fourth-order valence-electron chi connectivity index (χ4n) is 1.01. The van der Waals surface area contributed by atoms with Crippen LogP contribution in [0, 0.1) is 18.7 Å². The quantitative estimate of drug-likeness (QED) is 0.810. The van der Waals surface area contributed by atoms with Gasteiger partial charge in [-0.25, -0.2) is 14.4 Å². The third kappa shape index (κ3) is 3.30. The molecular weight excluding hydrogens is 217 g/mol. The summed E-state index contributed by atoms with van der Waals surface area (Å²) in [5, 5.41) is 2.83. The molecule has 0 bridgehead atoms. The van der Waals surface area contributed by atoms with E-state index in [1.807, 2.05) is 13.8 Å². The zero-order chi connectivity index (χ0) is 11.4. The van der Waals surface area contributed by atoms with Crippen LogP contribution in [0.3, 0.4) is 0 Å². The second-order valence-electron chi connectivity index (χ2n) is 3.76. The van der Waals surface area contributed by atoms with Crippen LogP contribution >= 0.6 is 11.6 Å². The minimum atomic E-state index is -0.412. The standard InChI is InChI=1S/C10H15ClFN3/c1-6(2)8(11)4-13-10-9(12)7(3)14-5-15-10/h5-6,8H,4H2,1-3H3,(H,13,14,15). The summed E-state index contributed by atoms with van der Waals surface area (Å²) >= 11 is 6.03. The van der Waals surface area contributed by atoms with E-state index >= 15 is 0 Å². The molecule has 1 heterocycles. The molecule has 0 radical (unpaired) electrons. The summed E-state index contributed by atoms with van der Waals surface area (Å²) in [5.41, 5.74) is 0.336. The number of rotatable bonds is 4. The molecule has 5 heteroatoms. The van der Waals surface area contributed by atoms with Crippen LogP contribution in [0.15, 0.2) is 6.33 Å². The lowest BCUT2D eigenvalue weighted by Crippen LogP contribution is -2.20. The maximum Gasteiger partial charge on any atom is 0.186 e. The lowest BCUT2D eigenvalue weighted by molar-refractivity contribution is 0.593. The normalized spacial score (nSPS) is 12.9. The Morgan fingerprint density at radius 1 is 1.47 bits per heavy atom. The number of alkyl halides is 1. The second kappa shape index (κ2) is 5.26. The van der Waals surface area contributed by atoms with Crippen molar-refractivity contribution in [2.75, 3.05) is 11.9 Å². The van der Waals surface area contributed by atoms with E-state index in [4.69, 9.17) is 11.6 Å². The lowest BCUT2D eigenvalue weighted by Gasteiger charge is -2.14. The average molecular weight is 232 g/mol. The molecule has 3 nitrogen and oxygen atoms in total. The molecule has 1 aromatic heterocycles. The Kier molecular flexibility index (Phi) is 4.27. The predicted molar refractivity (Wildman–Crippen MR) is 59.7 cm³/mol. The molecule has 84 valence electrons. The Bertz CT molecular complexity index is 330. The van der Waals surface area contributed by atoms with Crippen LogP contribution in [0.5, 0.6) is 0 Å². The molecule has 0 fully saturated rings. The van der Waals surface area contributed by atoms with Crippen molar-refractivity contribution in [1.82, 2.24) is 9.97 Å². The van der Waals surface area contributed by atoms with Gasteiger partial charge in [0, 0.05) is 6.54 Å². The lowest BCUT2D eigenvalue weighted by atomic mass is 10.1. The Balaban J connectivity index is 2.62. The van der Waals surface area contributed by atoms with E-state index in [2.05, 4.69) is 15.3 Å². The maximum atomic E-state index is 13.4. The average Bonchev–Trinajstić information content (AvgIpc) is 2.19. The number of aromatic nitrogens is 2. The van der Waals surface area contributed by atoms with E-state index in [1.165, 1.54) is 6.33 Å². The van der Waals surface area contributed by atoms with Gasteiger partial charge in [-0.2, -0.15) is 0 Å². The maximum absolute atomic E-state index is 13.4. The van der Waals surface area contributed by atoms with Crippen LogP contribution in [0.25, 0.3) is 0 Å². The van der Waals surface area contributed by atoms with Crippen molar-refractivity contribution >= 4 is 17.4 Å². The minimum absolute atomic E-state index is 0.0420. The summed E-state index contributed by atoms with van der Waals surface area (Å²) in [6.45, 7) is 6.12. The summed E-state index contributed by atoms with van der Waals surface area (Å²) < 4.78 is 13.4. The fourth-order valence-corrected chi connectivity index (χ4v) is 1.09. The van der Waals surface area contributed by atoms with Gasteiger partial charge in [-0.1, -0.05) is 13.8 Å². The van der Waals surface area contributed by atoms with Gasteiger partial charge in [-0.15, -0.1) is 11.6 Å². The van der Waals surface area contributed by atoms with E-state index in [0.29, 0.717) is 18.2 Å². The molecule has 0 amide bonds. The van der Waals surface area contributed by atoms with Crippen molar-refractivity contribution in [1.29, 1.82) is 0 Å². The van der Waals surface area contributed by atoms with Crippen molar-refractivity contribution in [3.63, 3.8) is 0 Å². The molecule has 1 rings (SSSR count). The first-order valence-corrected chi connectivity index (χ1v) is 5.31. The van der Waals surface area contributed by atoms with E-state index < -0.39 is 5.82 Å². The molecular formula is C10H15ClFN3. The molecule has 0 aromatic carbocycles. The largest absolute Gasteiger partial charge is 0.366 e. The SMILES string of the molecule is Cc1ncnc(NCC(Cl)C(C)C)c1F. The Morgan fingerprint density at radius 2 is 2.13 bits per heavy atom. The number of hydrogen-bond acceptors (Lipinski definition) is 3. The van der Waals surface area contributed by atoms with Gasteiger partial charge in [0.05, 0.1) is 11.1 Å². The summed E-state index contributed by atoms with van der Waals surface area (Å²) in [7, 11) is 0. The molecule has 1 N–H and O–H groups in total. The zero-order valence-corrected chi connectivity index (χ0v) is 9.85. The van der Waals surface area contributed by atoms with E-state index in [-0.39, 0.29) is 11.2 Å². The minimum Gasteiger partial charge on any atom is -0.366 e. The molecule has 0 aliphatic rings. The smallest absolute Gasteiger partial charge is 0.186 e. The van der Waals surface area contributed by atoms with Gasteiger partial charge in [-0.05, 0) is 12.8 Å². The van der Waals surface area contributed by atoms with Gasteiger partial charge in [-0.3, -0.25) is 0 Å². The van der Waals surface area contributed by atoms with Crippen molar-refractivity contribution < 1.29 is 4.39 Å². The highest BCUT2D eigenvalue weighted by atomic mass is 35.5. The summed E-state index contributed by atoms with van der Waals surface area (Å²) in [4.78, 5) is 7.56. The van der Waals surface area contributed by atoms with Gasteiger partial charge in [0.1, 0.15) is 6.33 Å². The highest BCUT2D eigenvalue weighted by Gasteiger charge is 2.12. The molecule has 0 saturated heterocycles. The fraction of sp³-hybridized carbons (Fsp3) is 0.600. The van der Waals surface area contributed by atoms with Crippen molar-refractivity contribution in [3.05, 3.63) is 17.8 Å². The zero-order valence-electron chi connectivity index (χ0n) is 9.09. The third-order valence-electron chi connectivity index (χ3n) is 2.15. The first-order valence-electron chi connectivity index (χ1n) is 4.87.